The third-order valence-corrected chi connectivity index (χ3v) is 4.85. The molecule has 6 nitrogen and oxygen atoms in total. The molecule has 2 aromatic rings. The minimum Gasteiger partial charge on any atom is -0.468 e. The molecular formula is C17H22N4O2. The largest absolute Gasteiger partial charge is 0.468 e. The molecule has 0 radical (unpaired) electrons. The molecule has 1 aliphatic heterocycles. The van der Waals surface area contributed by atoms with Gasteiger partial charge >= 0.3 is 0 Å². The molecule has 1 N–H and O–H groups in total. The summed E-state index contributed by atoms with van der Waals surface area (Å²) in [5.74, 6) is 1.19. The number of aryl methyl sites for hydroxylation is 1. The number of rotatable bonds is 5. The summed E-state index contributed by atoms with van der Waals surface area (Å²) in [6.07, 6.45) is 9.08. The molecular weight excluding hydrogens is 292 g/mol. The van der Waals surface area contributed by atoms with E-state index in [0.29, 0.717) is 19.0 Å². The molecule has 0 bridgehead atoms. The molecule has 2 fully saturated rings. The van der Waals surface area contributed by atoms with Gasteiger partial charge < -0.3 is 19.2 Å². The Hall–Kier alpha value is -2.08. The van der Waals surface area contributed by atoms with Crippen molar-refractivity contribution >= 4 is 5.91 Å². The van der Waals surface area contributed by atoms with Gasteiger partial charge in [-0.3, -0.25) is 4.79 Å². The van der Waals surface area contributed by atoms with E-state index in [4.69, 9.17) is 4.42 Å². The first-order valence-corrected chi connectivity index (χ1v) is 8.27. The highest BCUT2D eigenvalue weighted by Gasteiger charge is 2.45. The van der Waals surface area contributed by atoms with E-state index >= 15 is 0 Å². The third-order valence-electron chi connectivity index (χ3n) is 4.85. The van der Waals surface area contributed by atoms with E-state index in [1.54, 1.807) is 6.26 Å². The van der Waals surface area contributed by atoms with Crippen LogP contribution in [0.2, 0.25) is 0 Å². The Morgan fingerprint density at radius 1 is 1.39 bits per heavy atom. The monoisotopic (exact) mass is 314 g/mol. The van der Waals surface area contributed by atoms with Crippen LogP contribution < -0.4 is 5.32 Å². The number of nitrogens with one attached hydrogen (secondary N) is 1. The lowest BCUT2D eigenvalue weighted by atomic mass is 9.92. The lowest BCUT2D eigenvalue weighted by molar-refractivity contribution is -0.138. The van der Waals surface area contributed by atoms with Gasteiger partial charge in [-0.15, -0.1) is 0 Å². The fraction of sp³-hybridized carbons (Fsp3) is 0.529. The number of aromatic nitrogens is 2. The van der Waals surface area contributed by atoms with Crippen molar-refractivity contribution in [2.24, 2.45) is 7.05 Å². The standard InChI is InChI=1S/C17H22N4O2/c1-20-11-18-10-15(20)17-14(19-9-13-3-2-8-23-13)6-7-16(22)21(17)12-4-5-12/h2-3,8,10-12,14,17,19H,4-7,9H2,1H3/t14-,17-/m1/s1. The molecule has 1 saturated carbocycles. The van der Waals surface area contributed by atoms with Crippen LogP contribution in [-0.4, -0.2) is 32.4 Å². The summed E-state index contributed by atoms with van der Waals surface area (Å²) in [7, 11) is 2.00. The predicted octanol–water partition coefficient (Wildman–Crippen LogP) is 2.00. The van der Waals surface area contributed by atoms with E-state index in [-0.39, 0.29) is 18.0 Å². The molecule has 2 atom stereocenters. The zero-order valence-corrected chi connectivity index (χ0v) is 13.3. The summed E-state index contributed by atoms with van der Waals surface area (Å²) in [6, 6.07) is 4.53. The quantitative estimate of drug-likeness (QED) is 0.917. The molecule has 2 aliphatic rings. The zero-order chi connectivity index (χ0) is 15.8. The fourth-order valence-corrected chi connectivity index (χ4v) is 3.56. The van der Waals surface area contributed by atoms with Gasteiger partial charge in [0.1, 0.15) is 5.76 Å². The molecule has 3 heterocycles. The summed E-state index contributed by atoms with van der Waals surface area (Å²) in [6.45, 7) is 0.679. The van der Waals surface area contributed by atoms with Gasteiger partial charge in [0.15, 0.2) is 0 Å². The number of imidazole rings is 1. The Kier molecular flexibility index (Phi) is 3.69. The van der Waals surface area contributed by atoms with Crippen LogP contribution in [0.3, 0.4) is 0 Å². The molecule has 122 valence electrons. The minimum absolute atomic E-state index is 0.0474. The van der Waals surface area contributed by atoms with Crippen LogP contribution in [0.4, 0.5) is 0 Å². The van der Waals surface area contributed by atoms with E-state index in [0.717, 1.165) is 30.7 Å². The summed E-state index contributed by atoms with van der Waals surface area (Å²) < 4.78 is 7.45. The highest BCUT2D eigenvalue weighted by Crippen LogP contribution is 2.40. The second kappa shape index (κ2) is 5.85. The molecule has 23 heavy (non-hydrogen) atoms. The van der Waals surface area contributed by atoms with Crippen LogP contribution in [-0.2, 0) is 18.4 Å². The van der Waals surface area contributed by atoms with E-state index < -0.39 is 0 Å². The van der Waals surface area contributed by atoms with Crippen LogP contribution in [0.5, 0.6) is 0 Å². The van der Waals surface area contributed by atoms with Crippen LogP contribution in [0.1, 0.15) is 43.2 Å². The molecule has 1 amide bonds. The molecule has 6 heteroatoms. The van der Waals surface area contributed by atoms with Crippen molar-refractivity contribution in [3.05, 3.63) is 42.4 Å². The molecule has 0 spiro atoms. The van der Waals surface area contributed by atoms with E-state index in [1.165, 1.54) is 0 Å². The first kappa shape index (κ1) is 14.5. The minimum atomic E-state index is 0.0474. The number of hydrogen-bond donors (Lipinski definition) is 1. The van der Waals surface area contributed by atoms with Crippen molar-refractivity contribution in [1.82, 2.24) is 19.8 Å². The first-order chi connectivity index (χ1) is 11.2. The van der Waals surface area contributed by atoms with Gasteiger partial charge in [-0.25, -0.2) is 4.98 Å². The number of hydrogen-bond acceptors (Lipinski definition) is 4. The second-order valence-electron chi connectivity index (χ2n) is 6.51. The normalized spacial score (nSPS) is 25.1. The lowest BCUT2D eigenvalue weighted by Gasteiger charge is -2.42. The number of carbonyl (C=O) groups is 1. The molecule has 0 aromatic carbocycles. The van der Waals surface area contributed by atoms with E-state index in [2.05, 4.69) is 15.2 Å². The van der Waals surface area contributed by atoms with Crippen molar-refractivity contribution < 1.29 is 9.21 Å². The topological polar surface area (TPSA) is 63.3 Å². The van der Waals surface area contributed by atoms with Crippen LogP contribution in [0.15, 0.2) is 35.3 Å². The number of amides is 1. The van der Waals surface area contributed by atoms with Crippen molar-refractivity contribution in [3.63, 3.8) is 0 Å². The van der Waals surface area contributed by atoms with Gasteiger partial charge in [0, 0.05) is 25.6 Å². The molecule has 4 rings (SSSR count). The van der Waals surface area contributed by atoms with Crippen LogP contribution >= 0.6 is 0 Å². The zero-order valence-electron chi connectivity index (χ0n) is 13.3. The average Bonchev–Trinajstić information content (AvgIpc) is 3.07. The summed E-state index contributed by atoms with van der Waals surface area (Å²) in [5, 5.41) is 3.59. The Morgan fingerprint density at radius 2 is 2.26 bits per heavy atom. The maximum absolute atomic E-state index is 12.5. The smallest absolute Gasteiger partial charge is 0.223 e. The van der Waals surface area contributed by atoms with Gasteiger partial charge in [0.05, 0.1) is 37.1 Å². The molecule has 2 aromatic heterocycles. The van der Waals surface area contributed by atoms with Crippen molar-refractivity contribution in [3.8, 4) is 0 Å². The second-order valence-corrected chi connectivity index (χ2v) is 6.51. The summed E-state index contributed by atoms with van der Waals surface area (Å²) in [5.41, 5.74) is 1.10. The van der Waals surface area contributed by atoms with Crippen LogP contribution in [0, 0.1) is 0 Å². The Bertz CT molecular complexity index is 675. The van der Waals surface area contributed by atoms with Crippen molar-refractivity contribution in [2.45, 2.75) is 50.4 Å². The van der Waals surface area contributed by atoms with E-state index in [9.17, 15) is 4.79 Å². The van der Waals surface area contributed by atoms with Crippen molar-refractivity contribution in [2.75, 3.05) is 0 Å². The molecule has 1 aliphatic carbocycles. The summed E-state index contributed by atoms with van der Waals surface area (Å²) >= 11 is 0. The highest BCUT2D eigenvalue weighted by atomic mass is 16.3. The van der Waals surface area contributed by atoms with Gasteiger partial charge in [-0.05, 0) is 31.4 Å². The Labute approximate surface area is 135 Å². The third kappa shape index (κ3) is 2.79. The number of likely N-dealkylation sites (tertiary alicyclic amines) is 1. The molecule has 1 saturated heterocycles. The Morgan fingerprint density at radius 3 is 2.91 bits per heavy atom. The fourth-order valence-electron chi connectivity index (χ4n) is 3.56. The number of furan rings is 1. The van der Waals surface area contributed by atoms with Gasteiger partial charge in [-0.1, -0.05) is 0 Å². The highest BCUT2D eigenvalue weighted by molar-refractivity contribution is 5.78. The van der Waals surface area contributed by atoms with E-state index in [1.807, 2.05) is 36.3 Å². The number of piperidine rings is 1. The lowest BCUT2D eigenvalue weighted by Crippen LogP contribution is -2.52. The summed E-state index contributed by atoms with van der Waals surface area (Å²) in [4.78, 5) is 18.9. The predicted molar refractivity (Wildman–Crippen MR) is 84.4 cm³/mol. The average molecular weight is 314 g/mol. The van der Waals surface area contributed by atoms with Gasteiger partial charge in [-0.2, -0.15) is 0 Å². The van der Waals surface area contributed by atoms with Crippen LogP contribution in [0.25, 0.3) is 0 Å². The SMILES string of the molecule is Cn1cncc1[C@H]1[C@H](NCc2ccco2)CCC(=O)N1C1CC1. The number of nitrogens with zero attached hydrogens (tertiary/aromatic N) is 3. The Balaban J connectivity index is 1.60. The van der Waals surface area contributed by atoms with Crippen molar-refractivity contribution in [1.29, 1.82) is 0 Å². The van der Waals surface area contributed by atoms with Gasteiger partial charge in [0.2, 0.25) is 5.91 Å². The number of carbonyl (C=O) groups excluding carboxylic acids is 1. The maximum atomic E-state index is 12.5. The molecule has 0 unspecified atom stereocenters. The first-order valence-electron chi connectivity index (χ1n) is 8.27. The maximum Gasteiger partial charge on any atom is 0.223 e. The van der Waals surface area contributed by atoms with Gasteiger partial charge in [0.25, 0.3) is 0 Å².